The molecule has 0 radical (unpaired) electrons. The Kier molecular flexibility index (Phi) is 4.04. The molecule has 3 rings (SSSR count). The molecule has 1 aliphatic heterocycles. The number of amides is 1. The van der Waals surface area contributed by atoms with Crippen LogP contribution in [-0.4, -0.2) is 18.1 Å². The Hall–Kier alpha value is -1.71. The van der Waals surface area contributed by atoms with Gasteiger partial charge in [0.25, 0.3) is 0 Å². The lowest BCUT2D eigenvalue weighted by Gasteiger charge is -2.38. The third-order valence-corrected chi connectivity index (χ3v) is 4.49. The summed E-state index contributed by atoms with van der Waals surface area (Å²) in [6, 6.07) is 5.93. The number of nitrogens with one attached hydrogen (secondary N) is 2. The molecule has 21 heavy (non-hydrogen) atoms. The summed E-state index contributed by atoms with van der Waals surface area (Å²) in [5.41, 5.74) is 1.36. The molecular weight excluding hydrogens is 264 g/mol. The first-order valence-corrected chi connectivity index (χ1v) is 8.11. The topological polar surface area (TPSA) is 50.4 Å². The molecule has 1 spiro atoms. The molecule has 1 amide bonds. The molecule has 0 atom stereocenters. The van der Waals surface area contributed by atoms with Gasteiger partial charge in [-0.25, -0.2) is 0 Å². The molecule has 1 saturated carbocycles. The summed E-state index contributed by atoms with van der Waals surface area (Å²) >= 11 is 0. The van der Waals surface area contributed by atoms with Gasteiger partial charge in [-0.05, 0) is 31.4 Å². The molecule has 0 bridgehead atoms. The zero-order valence-corrected chi connectivity index (χ0v) is 12.7. The summed E-state index contributed by atoms with van der Waals surface area (Å²) in [7, 11) is 0. The number of ether oxygens (including phenoxy) is 1. The van der Waals surface area contributed by atoms with E-state index in [0.717, 1.165) is 49.2 Å². The van der Waals surface area contributed by atoms with Crippen molar-refractivity contribution in [1.29, 1.82) is 0 Å². The summed E-state index contributed by atoms with van der Waals surface area (Å²) < 4.78 is 5.75. The fourth-order valence-electron chi connectivity index (χ4n) is 3.33. The quantitative estimate of drug-likeness (QED) is 0.886. The van der Waals surface area contributed by atoms with Crippen LogP contribution in [0.5, 0.6) is 5.75 Å². The standard InChI is InChI=1S/C17H24N2O2/c1-2-12-21-14-9-7-8-13-15(14)18-16(20)17(19-13)10-5-3-4-6-11-17/h7-9,19H,2-6,10-12H2,1H3,(H,18,20). The average Bonchev–Trinajstić information content (AvgIpc) is 2.73. The zero-order chi connectivity index (χ0) is 14.7. The second-order valence-electron chi connectivity index (χ2n) is 6.10. The second-order valence-corrected chi connectivity index (χ2v) is 6.10. The van der Waals surface area contributed by atoms with Crippen LogP contribution in [0.25, 0.3) is 0 Å². The number of hydrogen-bond donors (Lipinski definition) is 2. The molecule has 4 heteroatoms. The van der Waals surface area contributed by atoms with E-state index in [1.54, 1.807) is 0 Å². The Morgan fingerprint density at radius 2 is 1.95 bits per heavy atom. The molecule has 1 aromatic carbocycles. The smallest absolute Gasteiger partial charge is 0.250 e. The Morgan fingerprint density at radius 3 is 2.67 bits per heavy atom. The van der Waals surface area contributed by atoms with Gasteiger partial charge in [0.2, 0.25) is 5.91 Å². The van der Waals surface area contributed by atoms with Crippen molar-refractivity contribution in [1.82, 2.24) is 0 Å². The van der Waals surface area contributed by atoms with E-state index in [0.29, 0.717) is 6.61 Å². The summed E-state index contributed by atoms with van der Waals surface area (Å²) in [6.45, 7) is 2.74. The number of carbonyl (C=O) groups is 1. The number of para-hydroxylation sites is 1. The maximum absolute atomic E-state index is 12.7. The average molecular weight is 288 g/mol. The fraction of sp³-hybridized carbons (Fsp3) is 0.588. The third-order valence-electron chi connectivity index (χ3n) is 4.49. The molecule has 4 nitrogen and oxygen atoms in total. The van der Waals surface area contributed by atoms with Crippen molar-refractivity contribution in [2.24, 2.45) is 0 Å². The SMILES string of the molecule is CCCOc1cccc2c1NC(=O)C1(CCCCCC1)N2. The highest BCUT2D eigenvalue weighted by atomic mass is 16.5. The summed E-state index contributed by atoms with van der Waals surface area (Å²) in [5, 5.41) is 6.63. The summed E-state index contributed by atoms with van der Waals surface area (Å²) in [6.07, 6.45) is 7.46. The first-order valence-electron chi connectivity index (χ1n) is 8.11. The van der Waals surface area contributed by atoms with Crippen molar-refractivity contribution in [3.8, 4) is 5.75 Å². The number of anilines is 2. The maximum Gasteiger partial charge on any atom is 0.250 e. The first kappa shape index (κ1) is 14.2. The monoisotopic (exact) mass is 288 g/mol. The van der Waals surface area contributed by atoms with Gasteiger partial charge >= 0.3 is 0 Å². The fourth-order valence-corrected chi connectivity index (χ4v) is 3.33. The Bertz CT molecular complexity index is 520. The van der Waals surface area contributed by atoms with E-state index >= 15 is 0 Å². The van der Waals surface area contributed by atoms with Gasteiger partial charge in [0.15, 0.2) is 0 Å². The normalized spacial score (nSPS) is 20.1. The number of carbonyl (C=O) groups excluding carboxylic acids is 1. The molecule has 114 valence electrons. The van der Waals surface area contributed by atoms with Gasteiger partial charge in [-0.15, -0.1) is 0 Å². The van der Waals surface area contributed by atoms with Crippen LogP contribution in [0.1, 0.15) is 51.9 Å². The summed E-state index contributed by atoms with van der Waals surface area (Å²) in [5.74, 6) is 0.864. The van der Waals surface area contributed by atoms with Crippen LogP contribution in [0, 0.1) is 0 Å². The Morgan fingerprint density at radius 1 is 1.19 bits per heavy atom. The van der Waals surface area contributed by atoms with Crippen LogP contribution >= 0.6 is 0 Å². The van der Waals surface area contributed by atoms with Gasteiger partial charge in [0.05, 0.1) is 12.3 Å². The highest BCUT2D eigenvalue weighted by molar-refractivity contribution is 6.07. The molecular formula is C17H24N2O2. The predicted molar refractivity (Wildman–Crippen MR) is 84.9 cm³/mol. The van der Waals surface area contributed by atoms with Gasteiger partial charge < -0.3 is 15.4 Å². The van der Waals surface area contributed by atoms with Gasteiger partial charge in [0.1, 0.15) is 17.0 Å². The molecule has 2 aliphatic rings. The van der Waals surface area contributed by atoms with Crippen LogP contribution in [0.2, 0.25) is 0 Å². The summed E-state index contributed by atoms with van der Waals surface area (Å²) in [4.78, 5) is 12.7. The van der Waals surface area contributed by atoms with E-state index in [1.807, 2.05) is 18.2 Å². The van der Waals surface area contributed by atoms with Gasteiger partial charge in [0, 0.05) is 0 Å². The van der Waals surface area contributed by atoms with Crippen LogP contribution in [-0.2, 0) is 4.79 Å². The molecule has 2 N–H and O–H groups in total. The number of hydrogen-bond acceptors (Lipinski definition) is 3. The van der Waals surface area contributed by atoms with E-state index in [1.165, 1.54) is 12.8 Å². The molecule has 0 aromatic heterocycles. The van der Waals surface area contributed by atoms with Crippen molar-refractivity contribution in [3.05, 3.63) is 18.2 Å². The van der Waals surface area contributed by atoms with E-state index in [9.17, 15) is 4.79 Å². The number of fused-ring (bicyclic) bond motifs is 1. The lowest BCUT2D eigenvalue weighted by Crippen LogP contribution is -2.52. The second kappa shape index (κ2) is 5.96. The van der Waals surface area contributed by atoms with E-state index in [-0.39, 0.29) is 5.91 Å². The largest absolute Gasteiger partial charge is 0.491 e. The molecule has 1 aliphatic carbocycles. The van der Waals surface area contributed by atoms with Crippen molar-refractivity contribution in [2.45, 2.75) is 57.4 Å². The molecule has 0 unspecified atom stereocenters. The first-order chi connectivity index (χ1) is 10.2. The highest BCUT2D eigenvalue weighted by Crippen LogP contribution is 2.42. The highest BCUT2D eigenvalue weighted by Gasteiger charge is 2.42. The number of rotatable bonds is 3. The number of benzene rings is 1. The van der Waals surface area contributed by atoms with Crippen LogP contribution in [0.15, 0.2) is 18.2 Å². The minimum Gasteiger partial charge on any atom is -0.491 e. The predicted octanol–water partition coefficient (Wildman–Crippen LogP) is 3.93. The minimum absolute atomic E-state index is 0.101. The molecule has 1 heterocycles. The van der Waals surface area contributed by atoms with Crippen molar-refractivity contribution < 1.29 is 9.53 Å². The van der Waals surface area contributed by atoms with Gasteiger partial charge in [-0.3, -0.25) is 4.79 Å². The zero-order valence-electron chi connectivity index (χ0n) is 12.7. The maximum atomic E-state index is 12.7. The van der Waals surface area contributed by atoms with Crippen LogP contribution < -0.4 is 15.4 Å². The minimum atomic E-state index is -0.424. The van der Waals surface area contributed by atoms with E-state index < -0.39 is 5.54 Å². The third kappa shape index (κ3) is 2.71. The van der Waals surface area contributed by atoms with Crippen molar-refractivity contribution >= 4 is 17.3 Å². The lowest BCUT2D eigenvalue weighted by molar-refractivity contribution is -0.121. The van der Waals surface area contributed by atoms with Crippen LogP contribution in [0.3, 0.4) is 0 Å². The lowest BCUT2D eigenvalue weighted by atomic mass is 9.86. The van der Waals surface area contributed by atoms with E-state index in [4.69, 9.17) is 4.74 Å². The molecule has 1 aromatic rings. The Balaban J connectivity index is 1.89. The van der Waals surface area contributed by atoms with Gasteiger partial charge in [-0.1, -0.05) is 38.7 Å². The van der Waals surface area contributed by atoms with Crippen molar-refractivity contribution in [2.75, 3.05) is 17.2 Å². The van der Waals surface area contributed by atoms with Crippen molar-refractivity contribution in [3.63, 3.8) is 0 Å². The van der Waals surface area contributed by atoms with Crippen LogP contribution in [0.4, 0.5) is 11.4 Å². The molecule has 1 fully saturated rings. The van der Waals surface area contributed by atoms with Gasteiger partial charge in [-0.2, -0.15) is 0 Å². The molecule has 0 saturated heterocycles. The van der Waals surface area contributed by atoms with E-state index in [2.05, 4.69) is 17.6 Å². The Labute approximate surface area is 126 Å².